The number of fused-ring (bicyclic) bond motifs is 1. The number of hydrogen-bond donors (Lipinski definition) is 1. The lowest BCUT2D eigenvalue weighted by Gasteiger charge is -2.37. The van der Waals surface area contributed by atoms with Crippen LogP contribution in [0.4, 0.5) is 5.69 Å². The van der Waals surface area contributed by atoms with Crippen LogP contribution in [0.3, 0.4) is 0 Å². The molecule has 1 saturated carbocycles. The summed E-state index contributed by atoms with van der Waals surface area (Å²) in [7, 11) is 0. The van der Waals surface area contributed by atoms with Crippen molar-refractivity contribution in [1.29, 1.82) is 0 Å². The van der Waals surface area contributed by atoms with E-state index in [1.807, 2.05) is 20.6 Å². The molecule has 0 spiro atoms. The van der Waals surface area contributed by atoms with Gasteiger partial charge in [-0.15, -0.1) is 0 Å². The Hall–Kier alpha value is -1.98. The summed E-state index contributed by atoms with van der Waals surface area (Å²) >= 11 is 0. The summed E-state index contributed by atoms with van der Waals surface area (Å²) in [4.78, 5) is 28.3. The van der Waals surface area contributed by atoms with Gasteiger partial charge in [-0.05, 0) is 25.3 Å². The number of aromatic nitrogens is 1. The number of nitrogens with two attached hydrogens (primary N) is 1. The lowest BCUT2D eigenvalue weighted by atomic mass is 10.1. The van der Waals surface area contributed by atoms with Gasteiger partial charge in [-0.3, -0.25) is 9.59 Å². The summed E-state index contributed by atoms with van der Waals surface area (Å²) < 4.78 is 2.03. The van der Waals surface area contributed by atoms with Gasteiger partial charge in [0.2, 0.25) is 5.91 Å². The first-order valence-electron chi connectivity index (χ1n) is 7.69. The third-order valence-electron chi connectivity index (χ3n) is 4.81. The maximum Gasteiger partial charge on any atom is 0.270 e. The summed E-state index contributed by atoms with van der Waals surface area (Å²) in [6, 6.07) is 2.43. The molecular formula is C15H20N4O2. The van der Waals surface area contributed by atoms with E-state index in [9.17, 15) is 9.59 Å². The fraction of sp³-hybridized carbons (Fsp3) is 0.600. The van der Waals surface area contributed by atoms with Crippen LogP contribution in [-0.2, 0) is 4.79 Å². The quantitative estimate of drug-likeness (QED) is 0.877. The van der Waals surface area contributed by atoms with E-state index in [4.69, 9.17) is 5.73 Å². The molecule has 6 nitrogen and oxygen atoms in total. The molecule has 0 aromatic carbocycles. The molecule has 21 heavy (non-hydrogen) atoms. The van der Waals surface area contributed by atoms with Gasteiger partial charge in [0.05, 0.1) is 5.69 Å². The van der Waals surface area contributed by atoms with E-state index < -0.39 is 0 Å². The topological polar surface area (TPSA) is 71.6 Å². The third kappa shape index (κ3) is 2.09. The fourth-order valence-corrected chi connectivity index (χ4v) is 3.54. The molecule has 2 N–H and O–H groups in total. The van der Waals surface area contributed by atoms with Crippen LogP contribution in [0.5, 0.6) is 0 Å². The number of carbonyl (C=O) groups is 2. The first kappa shape index (κ1) is 12.7. The monoisotopic (exact) mass is 288 g/mol. The molecule has 2 saturated heterocycles. The number of hydrogen-bond acceptors (Lipinski definition) is 3. The van der Waals surface area contributed by atoms with Crippen LogP contribution in [0.1, 0.15) is 42.2 Å². The van der Waals surface area contributed by atoms with Gasteiger partial charge in [0, 0.05) is 44.3 Å². The maximum atomic E-state index is 12.8. The maximum absolute atomic E-state index is 12.8. The van der Waals surface area contributed by atoms with E-state index in [2.05, 4.69) is 0 Å². The third-order valence-corrected chi connectivity index (χ3v) is 4.81. The first-order chi connectivity index (χ1) is 10.1. The van der Waals surface area contributed by atoms with Crippen molar-refractivity contribution in [2.24, 2.45) is 0 Å². The highest BCUT2D eigenvalue weighted by atomic mass is 16.2. The van der Waals surface area contributed by atoms with Crippen LogP contribution in [0.2, 0.25) is 0 Å². The summed E-state index contributed by atoms with van der Waals surface area (Å²) in [5.41, 5.74) is 7.23. The predicted octanol–water partition coefficient (Wildman–Crippen LogP) is 0.852. The highest BCUT2D eigenvalue weighted by Crippen LogP contribution is 2.37. The molecule has 4 rings (SSSR count). The van der Waals surface area contributed by atoms with Crippen molar-refractivity contribution < 1.29 is 9.59 Å². The molecule has 112 valence electrons. The zero-order valence-electron chi connectivity index (χ0n) is 12.0. The fourth-order valence-electron chi connectivity index (χ4n) is 3.54. The van der Waals surface area contributed by atoms with Crippen LogP contribution in [0.25, 0.3) is 0 Å². The molecule has 3 fully saturated rings. The Morgan fingerprint density at radius 1 is 1.19 bits per heavy atom. The lowest BCUT2D eigenvalue weighted by molar-refractivity contribution is -0.130. The molecule has 0 radical (unpaired) electrons. The second kappa shape index (κ2) is 4.51. The molecule has 6 heteroatoms. The van der Waals surface area contributed by atoms with Crippen LogP contribution >= 0.6 is 0 Å². The van der Waals surface area contributed by atoms with Crippen LogP contribution in [-0.4, -0.2) is 51.9 Å². The lowest BCUT2D eigenvalue weighted by Crippen LogP contribution is -2.53. The Bertz CT molecular complexity index is 605. The Balaban J connectivity index is 1.54. The second-order valence-electron chi connectivity index (χ2n) is 6.33. The number of anilines is 1. The molecule has 2 amide bonds. The normalized spacial score (nSPS) is 25.3. The van der Waals surface area contributed by atoms with Gasteiger partial charge in [0.1, 0.15) is 5.69 Å². The Morgan fingerprint density at radius 2 is 2.00 bits per heavy atom. The molecule has 1 aromatic heterocycles. The van der Waals surface area contributed by atoms with Gasteiger partial charge in [-0.2, -0.15) is 0 Å². The number of amides is 2. The number of carbonyl (C=O) groups excluding carboxylic acids is 2. The van der Waals surface area contributed by atoms with Crippen LogP contribution < -0.4 is 5.73 Å². The Labute approximate surface area is 123 Å². The minimum absolute atomic E-state index is 0.0533. The highest BCUT2D eigenvalue weighted by Gasteiger charge is 2.38. The van der Waals surface area contributed by atoms with Gasteiger partial charge in [-0.25, -0.2) is 0 Å². The second-order valence-corrected chi connectivity index (χ2v) is 6.33. The van der Waals surface area contributed by atoms with Crippen molar-refractivity contribution in [3.8, 4) is 0 Å². The van der Waals surface area contributed by atoms with Crippen LogP contribution in [0.15, 0.2) is 12.3 Å². The minimum atomic E-state index is 0.0533. The molecule has 1 unspecified atom stereocenters. The van der Waals surface area contributed by atoms with Crippen molar-refractivity contribution in [3.05, 3.63) is 18.0 Å². The van der Waals surface area contributed by atoms with E-state index in [0.29, 0.717) is 43.5 Å². The zero-order valence-corrected chi connectivity index (χ0v) is 12.0. The molecule has 1 aliphatic carbocycles. The molecule has 0 bridgehead atoms. The highest BCUT2D eigenvalue weighted by molar-refractivity contribution is 5.94. The van der Waals surface area contributed by atoms with Crippen molar-refractivity contribution in [1.82, 2.24) is 14.4 Å². The van der Waals surface area contributed by atoms with Gasteiger partial charge in [0.15, 0.2) is 0 Å². The first-order valence-corrected chi connectivity index (χ1v) is 7.69. The molecular weight excluding hydrogens is 268 g/mol. The smallest absolute Gasteiger partial charge is 0.270 e. The predicted molar refractivity (Wildman–Crippen MR) is 77.8 cm³/mol. The van der Waals surface area contributed by atoms with E-state index in [1.54, 1.807) is 6.07 Å². The minimum Gasteiger partial charge on any atom is -0.397 e. The van der Waals surface area contributed by atoms with Gasteiger partial charge in [0.25, 0.3) is 5.91 Å². The SMILES string of the molecule is Nc1cc(C(=O)N2CCN3C(=O)CCC3C2)n(C2CC2)c1. The number of rotatable bonds is 2. The van der Waals surface area contributed by atoms with E-state index in [1.165, 1.54) is 0 Å². The standard InChI is InChI=1S/C15H20N4O2/c16-10-7-13(19(8-10)11-1-2-11)15(21)17-5-6-18-12(9-17)3-4-14(18)20/h7-8,11-12H,1-6,9,16H2. The van der Waals surface area contributed by atoms with E-state index in [-0.39, 0.29) is 17.9 Å². The van der Waals surface area contributed by atoms with Crippen molar-refractivity contribution >= 4 is 17.5 Å². The summed E-state index contributed by atoms with van der Waals surface area (Å²) in [5, 5.41) is 0. The average Bonchev–Trinajstić information content (AvgIpc) is 3.17. The van der Waals surface area contributed by atoms with Crippen molar-refractivity contribution in [3.63, 3.8) is 0 Å². The zero-order chi connectivity index (χ0) is 14.6. The number of nitrogens with zero attached hydrogens (tertiary/aromatic N) is 3. The molecule has 3 heterocycles. The molecule has 1 atom stereocenters. The Morgan fingerprint density at radius 3 is 2.76 bits per heavy atom. The largest absolute Gasteiger partial charge is 0.397 e. The molecule has 2 aliphatic heterocycles. The summed E-state index contributed by atoms with van der Waals surface area (Å²) in [6.45, 7) is 1.94. The van der Waals surface area contributed by atoms with Gasteiger partial charge in [-0.1, -0.05) is 0 Å². The van der Waals surface area contributed by atoms with Gasteiger partial charge >= 0.3 is 0 Å². The van der Waals surface area contributed by atoms with Crippen LogP contribution in [0, 0.1) is 0 Å². The molecule has 1 aromatic rings. The van der Waals surface area contributed by atoms with E-state index >= 15 is 0 Å². The summed E-state index contributed by atoms with van der Waals surface area (Å²) in [6.07, 6.45) is 5.62. The molecule has 3 aliphatic rings. The summed E-state index contributed by atoms with van der Waals surface area (Å²) in [5.74, 6) is 0.287. The number of piperazine rings is 1. The van der Waals surface area contributed by atoms with Crippen molar-refractivity contribution in [2.75, 3.05) is 25.4 Å². The Kier molecular flexibility index (Phi) is 2.74. The van der Waals surface area contributed by atoms with Crippen molar-refractivity contribution in [2.45, 2.75) is 37.8 Å². The average molecular weight is 288 g/mol. The van der Waals surface area contributed by atoms with E-state index in [0.717, 1.165) is 19.3 Å². The number of nitrogen functional groups attached to an aromatic ring is 1. The van der Waals surface area contributed by atoms with Gasteiger partial charge < -0.3 is 20.1 Å².